The third-order valence-corrected chi connectivity index (χ3v) is 4.18. The number of carbonyl (C=O) groups is 2. The van der Waals surface area contributed by atoms with Gasteiger partial charge in [0.15, 0.2) is 0 Å². The van der Waals surface area contributed by atoms with Crippen molar-refractivity contribution in [1.82, 2.24) is 5.43 Å². The van der Waals surface area contributed by atoms with Gasteiger partial charge in [-0.1, -0.05) is 18.2 Å². The lowest BCUT2D eigenvalue weighted by atomic mass is 10.1. The molecule has 134 valence electrons. The average molecular weight is 351 g/mol. The van der Waals surface area contributed by atoms with E-state index < -0.39 is 0 Å². The minimum Gasteiger partial charge on any atom is -0.497 e. The SMILES string of the molecule is COc1cccc(C(=O)N/N=C(\C)c2ccc(NC(=O)C3CC3)cc2)c1. The number of methoxy groups -OCH3 is 1. The zero-order chi connectivity index (χ0) is 18.5. The molecule has 0 radical (unpaired) electrons. The van der Waals surface area contributed by atoms with E-state index in [1.807, 2.05) is 31.2 Å². The van der Waals surface area contributed by atoms with Crippen LogP contribution in [0.2, 0.25) is 0 Å². The molecular formula is C20H21N3O3. The Hall–Kier alpha value is -3.15. The molecule has 2 N–H and O–H groups in total. The van der Waals surface area contributed by atoms with Crippen LogP contribution in [0.25, 0.3) is 0 Å². The average Bonchev–Trinajstić information content (AvgIpc) is 3.52. The van der Waals surface area contributed by atoms with Crippen LogP contribution >= 0.6 is 0 Å². The van der Waals surface area contributed by atoms with Gasteiger partial charge in [-0.3, -0.25) is 9.59 Å². The molecule has 1 saturated carbocycles. The van der Waals surface area contributed by atoms with Crippen molar-refractivity contribution in [3.8, 4) is 5.75 Å². The molecule has 2 aromatic rings. The molecule has 0 aromatic heterocycles. The third kappa shape index (κ3) is 4.47. The molecule has 0 heterocycles. The first-order valence-corrected chi connectivity index (χ1v) is 8.47. The Balaban J connectivity index is 1.61. The molecule has 0 bridgehead atoms. The third-order valence-electron chi connectivity index (χ3n) is 4.18. The number of amides is 2. The summed E-state index contributed by atoms with van der Waals surface area (Å²) in [7, 11) is 1.55. The second kappa shape index (κ2) is 7.82. The number of rotatable bonds is 6. The van der Waals surface area contributed by atoms with E-state index in [2.05, 4.69) is 15.8 Å². The molecule has 0 unspecified atom stereocenters. The Kier molecular flexibility index (Phi) is 5.31. The van der Waals surface area contributed by atoms with Crippen molar-refractivity contribution >= 4 is 23.2 Å². The summed E-state index contributed by atoms with van der Waals surface area (Å²) in [6.45, 7) is 1.81. The monoisotopic (exact) mass is 351 g/mol. The van der Waals surface area contributed by atoms with E-state index >= 15 is 0 Å². The van der Waals surface area contributed by atoms with Gasteiger partial charge < -0.3 is 10.1 Å². The van der Waals surface area contributed by atoms with Crippen molar-refractivity contribution in [3.05, 3.63) is 59.7 Å². The van der Waals surface area contributed by atoms with E-state index in [4.69, 9.17) is 4.74 Å². The highest BCUT2D eigenvalue weighted by Gasteiger charge is 2.29. The van der Waals surface area contributed by atoms with Crippen LogP contribution in [-0.2, 0) is 4.79 Å². The van der Waals surface area contributed by atoms with Crippen LogP contribution in [0.5, 0.6) is 5.75 Å². The van der Waals surface area contributed by atoms with Crippen molar-refractivity contribution in [2.24, 2.45) is 11.0 Å². The molecule has 6 heteroatoms. The molecule has 2 aromatic carbocycles. The van der Waals surface area contributed by atoms with Gasteiger partial charge in [0.2, 0.25) is 5.91 Å². The number of carbonyl (C=O) groups excluding carboxylic acids is 2. The predicted octanol–water partition coefficient (Wildman–Crippen LogP) is 3.20. The minimum atomic E-state index is -0.309. The highest BCUT2D eigenvalue weighted by atomic mass is 16.5. The van der Waals surface area contributed by atoms with Gasteiger partial charge >= 0.3 is 0 Å². The maximum absolute atomic E-state index is 12.2. The Morgan fingerprint density at radius 2 is 1.81 bits per heavy atom. The Morgan fingerprint density at radius 1 is 1.08 bits per heavy atom. The van der Waals surface area contributed by atoms with Crippen molar-refractivity contribution in [2.75, 3.05) is 12.4 Å². The maximum Gasteiger partial charge on any atom is 0.271 e. The molecule has 0 spiro atoms. The summed E-state index contributed by atoms with van der Waals surface area (Å²) in [4.78, 5) is 23.9. The van der Waals surface area contributed by atoms with E-state index in [1.165, 1.54) is 0 Å². The Bertz CT molecular complexity index is 840. The molecule has 1 aliphatic rings. The fraction of sp³-hybridized carbons (Fsp3) is 0.250. The Morgan fingerprint density at radius 3 is 2.46 bits per heavy atom. The lowest BCUT2D eigenvalue weighted by Gasteiger charge is -2.07. The van der Waals surface area contributed by atoms with Gasteiger partial charge in [-0.25, -0.2) is 5.43 Å². The zero-order valence-electron chi connectivity index (χ0n) is 14.8. The molecule has 1 fully saturated rings. The fourth-order valence-corrected chi connectivity index (χ4v) is 2.41. The maximum atomic E-state index is 12.2. The lowest BCUT2D eigenvalue weighted by Crippen LogP contribution is -2.19. The summed E-state index contributed by atoms with van der Waals surface area (Å²) < 4.78 is 5.11. The van der Waals surface area contributed by atoms with Gasteiger partial charge in [0.05, 0.1) is 12.8 Å². The fourth-order valence-electron chi connectivity index (χ4n) is 2.41. The highest BCUT2D eigenvalue weighted by Crippen LogP contribution is 2.30. The number of nitrogens with zero attached hydrogens (tertiary/aromatic N) is 1. The molecule has 26 heavy (non-hydrogen) atoms. The number of hydrogen-bond acceptors (Lipinski definition) is 4. The number of hydrogen-bond donors (Lipinski definition) is 2. The normalized spacial score (nSPS) is 13.8. The van der Waals surface area contributed by atoms with E-state index in [1.54, 1.807) is 31.4 Å². The first kappa shape index (κ1) is 17.7. The summed E-state index contributed by atoms with van der Waals surface area (Å²) in [6.07, 6.45) is 1.95. The van der Waals surface area contributed by atoms with Crippen LogP contribution in [0.15, 0.2) is 53.6 Å². The molecule has 1 aliphatic carbocycles. The van der Waals surface area contributed by atoms with E-state index in [9.17, 15) is 9.59 Å². The predicted molar refractivity (Wildman–Crippen MR) is 100 cm³/mol. The molecule has 0 saturated heterocycles. The van der Waals surface area contributed by atoms with Gasteiger partial charge in [-0.15, -0.1) is 0 Å². The number of benzene rings is 2. The molecule has 2 amide bonds. The molecule has 6 nitrogen and oxygen atoms in total. The number of ether oxygens (including phenoxy) is 1. The molecule has 0 atom stereocenters. The zero-order valence-corrected chi connectivity index (χ0v) is 14.8. The second-order valence-electron chi connectivity index (χ2n) is 6.21. The standard InChI is InChI=1S/C20H21N3O3/c1-13(22-23-20(25)16-4-3-5-18(12-16)26-2)14-8-10-17(11-9-14)21-19(24)15-6-7-15/h3-5,8-12,15H,6-7H2,1-2H3,(H,21,24)(H,23,25)/b22-13+. The van der Waals surface area contributed by atoms with Crippen LogP contribution in [-0.4, -0.2) is 24.6 Å². The second-order valence-corrected chi connectivity index (χ2v) is 6.21. The number of hydrazone groups is 1. The smallest absolute Gasteiger partial charge is 0.271 e. The van der Waals surface area contributed by atoms with Crippen LogP contribution in [0, 0.1) is 5.92 Å². The van der Waals surface area contributed by atoms with Gasteiger partial charge in [0.25, 0.3) is 5.91 Å². The van der Waals surface area contributed by atoms with E-state index in [0.29, 0.717) is 17.0 Å². The van der Waals surface area contributed by atoms with Gasteiger partial charge in [-0.05, 0) is 55.7 Å². The first-order valence-electron chi connectivity index (χ1n) is 8.47. The van der Waals surface area contributed by atoms with E-state index in [-0.39, 0.29) is 17.7 Å². The van der Waals surface area contributed by atoms with E-state index in [0.717, 1.165) is 24.1 Å². The summed E-state index contributed by atoms with van der Waals surface area (Å²) in [6, 6.07) is 14.3. The van der Waals surface area contributed by atoms with Crippen LogP contribution < -0.4 is 15.5 Å². The van der Waals surface area contributed by atoms with Gasteiger partial charge in [-0.2, -0.15) is 5.10 Å². The molecule has 0 aliphatic heterocycles. The first-order chi connectivity index (χ1) is 12.6. The van der Waals surface area contributed by atoms with Crippen molar-refractivity contribution in [1.29, 1.82) is 0 Å². The summed E-state index contributed by atoms with van der Waals surface area (Å²) in [5, 5.41) is 7.04. The summed E-state index contributed by atoms with van der Waals surface area (Å²) in [5.41, 5.74) is 5.31. The van der Waals surface area contributed by atoms with Gasteiger partial charge in [0.1, 0.15) is 5.75 Å². The van der Waals surface area contributed by atoms with Crippen molar-refractivity contribution in [3.63, 3.8) is 0 Å². The molecular weight excluding hydrogens is 330 g/mol. The van der Waals surface area contributed by atoms with Crippen molar-refractivity contribution < 1.29 is 14.3 Å². The summed E-state index contributed by atoms with van der Waals surface area (Å²) >= 11 is 0. The number of anilines is 1. The van der Waals surface area contributed by atoms with Crippen molar-refractivity contribution in [2.45, 2.75) is 19.8 Å². The summed E-state index contributed by atoms with van der Waals surface area (Å²) in [5.74, 6) is 0.553. The van der Waals surface area contributed by atoms with Crippen LogP contribution in [0.4, 0.5) is 5.69 Å². The highest BCUT2D eigenvalue weighted by molar-refractivity contribution is 6.01. The quantitative estimate of drug-likeness (QED) is 0.619. The lowest BCUT2D eigenvalue weighted by molar-refractivity contribution is -0.117. The Labute approximate surface area is 152 Å². The minimum absolute atomic E-state index is 0.0775. The largest absolute Gasteiger partial charge is 0.497 e. The molecule has 3 rings (SSSR count). The topological polar surface area (TPSA) is 79.8 Å². The van der Waals surface area contributed by atoms with Crippen LogP contribution in [0.3, 0.4) is 0 Å². The number of nitrogens with one attached hydrogen (secondary N) is 2. The van der Waals surface area contributed by atoms with Gasteiger partial charge in [0, 0.05) is 17.2 Å². The van der Waals surface area contributed by atoms with Crippen LogP contribution in [0.1, 0.15) is 35.7 Å².